The molecule has 0 aromatic heterocycles. The van der Waals surface area contributed by atoms with Crippen molar-refractivity contribution >= 4 is 11.4 Å². The minimum atomic E-state index is 0.607. The fourth-order valence-electron chi connectivity index (χ4n) is 3.65. The maximum Gasteiger partial charge on any atom is 0.0607 e. The standard InChI is InChI=1S/C16H24N2/c1-12-6-5-7-14(10-12)18-13(2)11-17-15-8-3-4-9-16(15)18/h3-4,8-9,12-14,17H,5-7,10-11H2,1-2H3. The smallest absolute Gasteiger partial charge is 0.0607 e. The van der Waals surface area contributed by atoms with Gasteiger partial charge in [0.25, 0.3) is 0 Å². The van der Waals surface area contributed by atoms with Gasteiger partial charge in [-0.15, -0.1) is 0 Å². The monoisotopic (exact) mass is 244 g/mol. The SMILES string of the molecule is CC1CCCC(N2c3ccccc3NCC2C)C1. The first kappa shape index (κ1) is 11.9. The van der Waals surface area contributed by atoms with Crippen molar-refractivity contribution in [3.63, 3.8) is 0 Å². The summed E-state index contributed by atoms with van der Waals surface area (Å²) in [6.07, 6.45) is 5.53. The Morgan fingerprint density at radius 1 is 1.17 bits per heavy atom. The van der Waals surface area contributed by atoms with Crippen LogP contribution in [0.5, 0.6) is 0 Å². The third-order valence-electron chi connectivity index (χ3n) is 4.55. The third kappa shape index (κ3) is 2.09. The normalized spacial score (nSPS) is 31.7. The van der Waals surface area contributed by atoms with Crippen molar-refractivity contribution in [2.45, 2.75) is 51.6 Å². The van der Waals surface area contributed by atoms with Crippen LogP contribution in [0, 0.1) is 5.92 Å². The number of fused-ring (bicyclic) bond motifs is 1. The van der Waals surface area contributed by atoms with Crippen LogP contribution in [0.3, 0.4) is 0 Å². The van der Waals surface area contributed by atoms with E-state index < -0.39 is 0 Å². The van der Waals surface area contributed by atoms with E-state index in [1.165, 1.54) is 37.1 Å². The average molecular weight is 244 g/mol. The molecule has 1 aromatic carbocycles. The third-order valence-corrected chi connectivity index (χ3v) is 4.55. The molecule has 0 bridgehead atoms. The zero-order chi connectivity index (χ0) is 12.5. The van der Waals surface area contributed by atoms with Gasteiger partial charge in [-0.25, -0.2) is 0 Å². The lowest BCUT2D eigenvalue weighted by atomic mass is 9.85. The molecule has 1 N–H and O–H groups in total. The van der Waals surface area contributed by atoms with Gasteiger partial charge in [0.1, 0.15) is 0 Å². The molecule has 1 heterocycles. The highest BCUT2D eigenvalue weighted by Gasteiger charge is 2.31. The molecule has 1 aliphatic heterocycles. The predicted molar refractivity (Wildman–Crippen MR) is 78.3 cm³/mol. The van der Waals surface area contributed by atoms with Crippen LogP contribution >= 0.6 is 0 Å². The van der Waals surface area contributed by atoms with E-state index in [0.717, 1.165) is 18.5 Å². The first-order valence-electron chi connectivity index (χ1n) is 7.37. The minimum absolute atomic E-state index is 0.607. The van der Waals surface area contributed by atoms with Crippen LogP contribution in [0.2, 0.25) is 0 Å². The number of benzene rings is 1. The van der Waals surface area contributed by atoms with Crippen LogP contribution in [0.15, 0.2) is 24.3 Å². The molecule has 18 heavy (non-hydrogen) atoms. The summed E-state index contributed by atoms with van der Waals surface area (Å²) in [5.41, 5.74) is 2.73. The number of para-hydroxylation sites is 2. The number of anilines is 2. The molecule has 1 aliphatic carbocycles. The molecule has 3 unspecified atom stereocenters. The first-order valence-corrected chi connectivity index (χ1v) is 7.37. The molecule has 2 heteroatoms. The van der Waals surface area contributed by atoms with Gasteiger partial charge in [0.15, 0.2) is 0 Å². The summed E-state index contributed by atoms with van der Waals surface area (Å²) in [4.78, 5) is 2.68. The average Bonchev–Trinajstić information content (AvgIpc) is 2.38. The first-order chi connectivity index (χ1) is 8.75. The molecule has 0 amide bonds. The van der Waals surface area contributed by atoms with Crippen molar-refractivity contribution in [2.24, 2.45) is 5.92 Å². The fraction of sp³-hybridized carbons (Fsp3) is 0.625. The van der Waals surface area contributed by atoms with Gasteiger partial charge < -0.3 is 10.2 Å². The highest BCUT2D eigenvalue weighted by Crippen LogP contribution is 2.37. The van der Waals surface area contributed by atoms with Crippen LogP contribution in [0.25, 0.3) is 0 Å². The molecule has 1 aromatic rings. The molecule has 0 radical (unpaired) electrons. The molecule has 98 valence electrons. The van der Waals surface area contributed by atoms with Crippen molar-refractivity contribution in [3.8, 4) is 0 Å². The zero-order valence-corrected chi connectivity index (χ0v) is 11.5. The highest BCUT2D eigenvalue weighted by atomic mass is 15.2. The number of hydrogen-bond donors (Lipinski definition) is 1. The lowest BCUT2D eigenvalue weighted by Crippen LogP contribution is -2.49. The van der Waals surface area contributed by atoms with Gasteiger partial charge in [-0.05, 0) is 37.8 Å². The van der Waals surface area contributed by atoms with E-state index >= 15 is 0 Å². The van der Waals surface area contributed by atoms with Crippen molar-refractivity contribution in [1.82, 2.24) is 0 Å². The molecule has 3 atom stereocenters. The Morgan fingerprint density at radius 2 is 2.00 bits per heavy atom. The second-order valence-corrected chi connectivity index (χ2v) is 6.08. The second kappa shape index (κ2) is 4.83. The lowest BCUT2D eigenvalue weighted by Gasteiger charge is -2.45. The largest absolute Gasteiger partial charge is 0.381 e. The Hall–Kier alpha value is -1.18. The maximum absolute atomic E-state index is 3.55. The van der Waals surface area contributed by atoms with Gasteiger partial charge in [0, 0.05) is 18.6 Å². The summed E-state index contributed by atoms with van der Waals surface area (Å²) in [7, 11) is 0. The Labute approximate surface area is 110 Å². The zero-order valence-electron chi connectivity index (χ0n) is 11.5. The van der Waals surface area contributed by atoms with E-state index in [9.17, 15) is 0 Å². The molecule has 2 aliphatic rings. The van der Waals surface area contributed by atoms with Gasteiger partial charge >= 0.3 is 0 Å². The Balaban J connectivity index is 1.90. The van der Waals surface area contributed by atoms with Gasteiger partial charge in [0.05, 0.1) is 11.4 Å². The minimum Gasteiger partial charge on any atom is -0.381 e. The van der Waals surface area contributed by atoms with E-state index in [-0.39, 0.29) is 0 Å². The van der Waals surface area contributed by atoms with E-state index in [4.69, 9.17) is 0 Å². The van der Waals surface area contributed by atoms with E-state index in [0.29, 0.717) is 6.04 Å². The summed E-state index contributed by atoms with van der Waals surface area (Å²) in [6, 6.07) is 10.1. The Bertz CT molecular complexity index is 415. The second-order valence-electron chi connectivity index (χ2n) is 6.08. The molecular formula is C16H24N2. The fourth-order valence-corrected chi connectivity index (χ4v) is 3.65. The summed E-state index contributed by atoms with van der Waals surface area (Å²) >= 11 is 0. The predicted octanol–water partition coefficient (Wildman–Crippen LogP) is 3.89. The topological polar surface area (TPSA) is 15.3 Å². The van der Waals surface area contributed by atoms with Crippen LogP contribution in [0.4, 0.5) is 11.4 Å². The van der Waals surface area contributed by atoms with Crippen molar-refractivity contribution in [2.75, 3.05) is 16.8 Å². The van der Waals surface area contributed by atoms with Crippen LogP contribution in [-0.4, -0.2) is 18.6 Å². The van der Waals surface area contributed by atoms with Gasteiger partial charge in [0.2, 0.25) is 0 Å². The van der Waals surface area contributed by atoms with Crippen molar-refractivity contribution < 1.29 is 0 Å². The number of hydrogen-bond acceptors (Lipinski definition) is 2. The number of rotatable bonds is 1. The van der Waals surface area contributed by atoms with Crippen LogP contribution in [-0.2, 0) is 0 Å². The van der Waals surface area contributed by atoms with Crippen molar-refractivity contribution in [1.29, 1.82) is 0 Å². The molecule has 0 saturated heterocycles. The molecule has 3 rings (SSSR count). The Kier molecular flexibility index (Phi) is 3.19. The quantitative estimate of drug-likeness (QED) is 0.806. The van der Waals surface area contributed by atoms with Crippen LogP contribution in [0.1, 0.15) is 39.5 Å². The Morgan fingerprint density at radius 3 is 2.83 bits per heavy atom. The summed E-state index contributed by atoms with van der Waals surface area (Å²) in [5, 5.41) is 3.55. The molecule has 0 spiro atoms. The van der Waals surface area contributed by atoms with E-state index in [2.05, 4.69) is 48.3 Å². The van der Waals surface area contributed by atoms with Gasteiger partial charge in [-0.2, -0.15) is 0 Å². The number of nitrogens with zero attached hydrogens (tertiary/aromatic N) is 1. The lowest BCUT2D eigenvalue weighted by molar-refractivity contribution is 0.318. The molecule has 1 fully saturated rings. The molecule has 1 saturated carbocycles. The van der Waals surface area contributed by atoms with Gasteiger partial charge in [-0.1, -0.05) is 31.9 Å². The van der Waals surface area contributed by atoms with E-state index in [1.54, 1.807) is 0 Å². The number of nitrogens with one attached hydrogen (secondary N) is 1. The van der Waals surface area contributed by atoms with Gasteiger partial charge in [-0.3, -0.25) is 0 Å². The molecular weight excluding hydrogens is 220 g/mol. The molecule has 2 nitrogen and oxygen atoms in total. The summed E-state index contributed by atoms with van der Waals surface area (Å²) < 4.78 is 0. The summed E-state index contributed by atoms with van der Waals surface area (Å²) in [6.45, 7) is 5.83. The van der Waals surface area contributed by atoms with Crippen LogP contribution < -0.4 is 10.2 Å². The van der Waals surface area contributed by atoms with E-state index in [1.807, 2.05) is 0 Å². The highest BCUT2D eigenvalue weighted by molar-refractivity contribution is 5.73. The van der Waals surface area contributed by atoms with Crippen molar-refractivity contribution in [3.05, 3.63) is 24.3 Å². The summed E-state index contributed by atoms with van der Waals surface area (Å²) in [5.74, 6) is 0.887. The maximum atomic E-state index is 3.55.